The molecule has 0 spiro atoms. The summed E-state index contributed by atoms with van der Waals surface area (Å²) in [6.45, 7) is 13.6. The van der Waals surface area contributed by atoms with E-state index in [-0.39, 0.29) is 18.3 Å². The monoisotopic (exact) mass is 471 g/mol. The molecule has 0 radical (unpaired) electrons. The molecule has 0 bridgehead atoms. The SMILES string of the molecule is CCN(CC)CCN(C(=O)c1c(C)nc2ccccn12)c1nc2c(C)cc(C)cc2s1.Cl. The number of carbonyl (C=O) groups excluding carboxylic acids is 1. The number of nitrogens with zero attached hydrogens (tertiary/aromatic N) is 5. The molecule has 1 aromatic carbocycles. The Balaban J connectivity index is 0.00000289. The number of hydrogen-bond acceptors (Lipinski definition) is 5. The Bertz CT molecular complexity index is 1240. The molecule has 4 aromatic rings. The van der Waals surface area contributed by atoms with Gasteiger partial charge < -0.3 is 4.90 Å². The van der Waals surface area contributed by atoms with Crippen LogP contribution in [-0.2, 0) is 0 Å². The number of imidazole rings is 1. The van der Waals surface area contributed by atoms with E-state index in [4.69, 9.17) is 4.98 Å². The van der Waals surface area contributed by atoms with Gasteiger partial charge in [0.2, 0.25) is 0 Å². The largest absolute Gasteiger partial charge is 0.302 e. The van der Waals surface area contributed by atoms with Gasteiger partial charge in [-0.2, -0.15) is 0 Å². The number of aryl methyl sites for hydroxylation is 3. The van der Waals surface area contributed by atoms with Crippen molar-refractivity contribution >= 4 is 50.6 Å². The average molecular weight is 472 g/mol. The molecule has 170 valence electrons. The molecule has 32 heavy (non-hydrogen) atoms. The van der Waals surface area contributed by atoms with Crippen LogP contribution in [0.5, 0.6) is 0 Å². The molecule has 0 saturated heterocycles. The van der Waals surface area contributed by atoms with E-state index in [2.05, 4.69) is 49.7 Å². The van der Waals surface area contributed by atoms with Gasteiger partial charge in [0.15, 0.2) is 5.13 Å². The molecular formula is C24H30ClN5OS. The zero-order valence-corrected chi connectivity index (χ0v) is 20.9. The average Bonchev–Trinajstić information content (AvgIpc) is 3.31. The van der Waals surface area contributed by atoms with E-state index in [1.807, 2.05) is 40.6 Å². The van der Waals surface area contributed by atoms with Crippen LogP contribution in [0.15, 0.2) is 36.5 Å². The summed E-state index contributed by atoms with van der Waals surface area (Å²) in [5.41, 5.74) is 5.43. The molecule has 1 amide bonds. The zero-order chi connectivity index (χ0) is 22.1. The molecule has 3 aromatic heterocycles. The predicted molar refractivity (Wildman–Crippen MR) is 136 cm³/mol. The summed E-state index contributed by atoms with van der Waals surface area (Å²) in [6, 6.07) is 10.1. The summed E-state index contributed by atoms with van der Waals surface area (Å²) < 4.78 is 2.99. The fourth-order valence-corrected chi connectivity index (χ4v) is 5.20. The van der Waals surface area contributed by atoms with Crippen molar-refractivity contribution in [2.75, 3.05) is 31.1 Å². The summed E-state index contributed by atoms with van der Waals surface area (Å²) in [5.74, 6) is -0.0585. The van der Waals surface area contributed by atoms with E-state index in [0.29, 0.717) is 12.2 Å². The van der Waals surface area contributed by atoms with E-state index in [1.165, 1.54) is 5.56 Å². The quantitative estimate of drug-likeness (QED) is 0.368. The molecular weight excluding hydrogens is 442 g/mol. The molecule has 0 N–H and O–H groups in total. The third-order valence-corrected chi connectivity index (χ3v) is 6.76. The second-order valence-corrected chi connectivity index (χ2v) is 8.89. The Kier molecular flexibility index (Phi) is 7.54. The van der Waals surface area contributed by atoms with Crippen LogP contribution in [0.3, 0.4) is 0 Å². The number of halogens is 1. The standard InChI is InChI=1S/C24H29N5OS.ClH/c1-6-27(7-2)12-13-29(24-26-21-17(4)14-16(3)15-19(21)31-24)23(30)22-18(5)25-20-10-8-9-11-28(20)22;/h8-11,14-15H,6-7,12-13H2,1-5H3;1H. The molecule has 0 unspecified atom stereocenters. The lowest BCUT2D eigenvalue weighted by Crippen LogP contribution is -2.39. The van der Waals surface area contributed by atoms with Crippen LogP contribution in [0.1, 0.15) is 41.2 Å². The highest BCUT2D eigenvalue weighted by molar-refractivity contribution is 7.22. The Morgan fingerprint density at radius 1 is 1.06 bits per heavy atom. The summed E-state index contributed by atoms with van der Waals surface area (Å²) in [7, 11) is 0. The molecule has 0 atom stereocenters. The number of amides is 1. The Hall–Kier alpha value is -2.48. The second kappa shape index (κ2) is 9.98. The first-order valence-electron chi connectivity index (χ1n) is 10.8. The Labute approximate surface area is 199 Å². The van der Waals surface area contributed by atoms with Gasteiger partial charge in [-0.3, -0.25) is 14.1 Å². The number of carbonyl (C=O) groups is 1. The van der Waals surface area contributed by atoms with E-state index in [1.54, 1.807) is 11.3 Å². The van der Waals surface area contributed by atoms with Crippen LogP contribution in [0, 0.1) is 20.8 Å². The third-order valence-electron chi connectivity index (χ3n) is 5.74. The summed E-state index contributed by atoms with van der Waals surface area (Å²) in [4.78, 5) is 27.5. The van der Waals surface area contributed by atoms with E-state index in [0.717, 1.165) is 51.9 Å². The number of hydrogen-bond donors (Lipinski definition) is 0. The number of fused-ring (bicyclic) bond motifs is 2. The maximum absolute atomic E-state index is 13.9. The minimum absolute atomic E-state index is 0. The zero-order valence-electron chi connectivity index (χ0n) is 19.3. The molecule has 0 aliphatic rings. The number of rotatable bonds is 7. The van der Waals surface area contributed by atoms with Gasteiger partial charge in [-0.05, 0) is 63.2 Å². The molecule has 6 nitrogen and oxygen atoms in total. The van der Waals surface area contributed by atoms with Crippen LogP contribution in [-0.4, -0.2) is 51.4 Å². The third kappa shape index (κ3) is 4.51. The fraction of sp³-hybridized carbons (Fsp3) is 0.375. The maximum Gasteiger partial charge on any atom is 0.279 e. The van der Waals surface area contributed by atoms with E-state index >= 15 is 0 Å². The Morgan fingerprint density at radius 2 is 1.81 bits per heavy atom. The second-order valence-electron chi connectivity index (χ2n) is 7.88. The van der Waals surface area contributed by atoms with Gasteiger partial charge >= 0.3 is 0 Å². The van der Waals surface area contributed by atoms with Crippen molar-refractivity contribution in [2.24, 2.45) is 0 Å². The Morgan fingerprint density at radius 3 is 2.53 bits per heavy atom. The molecule has 0 fully saturated rings. The lowest BCUT2D eigenvalue weighted by atomic mass is 10.1. The summed E-state index contributed by atoms with van der Waals surface area (Å²) in [5, 5.41) is 0.742. The highest BCUT2D eigenvalue weighted by Crippen LogP contribution is 2.32. The van der Waals surface area contributed by atoms with Crippen molar-refractivity contribution in [1.82, 2.24) is 19.3 Å². The van der Waals surface area contributed by atoms with Crippen LogP contribution in [0.4, 0.5) is 5.13 Å². The predicted octanol–water partition coefficient (Wildman–Crippen LogP) is 5.28. The first-order chi connectivity index (χ1) is 14.9. The van der Waals surface area contributed by atoms with Gasteiger partial charge in [-0.25, -0.2) is 9.97 Å². The molecule has 3 heterocycles. The van der Waals surface area contributed by atoms with Crippen molar-refractivity contribution < 1.29 is 4.79 Å². The molecule has 0 aliphatic carbocycles. The minimum atomic E-state index is -0.0585. The van der Waals surface area contributed by atoms with Gasteiger partial charge in [-0.1, -0.05) is 37.3 Å². The minimum Gasteiger partial charge on any atom is -0.302 e. The topological polar surface area (TPSA) is 53.7 Å². The number of aromatic nitrogens is 3. The van der Waals surface area contributed by atoms with Crippen LogP contribution < -0.4 is 4.90 Å². The number of pyridine rings is 1. The number of anilines is 1. The molecule has 0 aliphatic heterocycles. The van der Waals surface area contributed by atoms with Crippen LogP contribution in [0.2, 0.25) is 0 Å². The van der Waals surface area contributed by atoms with Crippen molar-refractivity contribution in [3.8, 4) is 0 Å². The highest BCUT2D eigenvalue weighted by atomic mass is 35.5. The highest BCUT2D eigenvalue weighted by Gasteiger charge is 2.26. The van der Waals surface area contributed by atoms with Gasteiger partial charge in [0.05, 0.1) is 15.9 Å². The first-order valence-corrected chi connectivity index (χ1v) is 11.6. The van der Waals surface area contributed by atoms with Crippen molar-refractivity contribution in [3.63, 3.8) is 0 Å². The van der Waals surface area contributed by atoms with E-state index in [9.17, 15) is 4.79 Å². The van der Waals surface area contributed by atoms with Crippen molar-refractivity contribution in [3.05, 3.63) is 59.0 Å². The van der Waals surface area contributed by atoms with Crippen molar-refractivity contribution in [2.45, 2.75) is 34.6 Å². The molecule has 4 rings (SSSR count). The number of benzene rings is 1. The lowest BCUT2D eigenvalue weighted by molar-refractivity contribution is 0.0977. The van der Waals surface area contributed by atoms with Gasteiger partial charge in [0.25, 0.3) is 5.91 Å². The first kappa shape index (κ1) is 24.2. The molecule has 0 saturated carbocycles. The van der Waals surface area contributed by atoms with Gasteiger partial charge in [0.1, 0.15) is 11.3 Å². The lowest BCUT2D eigenvalue weighted by Gasteiger charge is -2.24. The number of thiazole rings is 1. The number of likely N-dealkylation sites (N-methyl/N-ethyl adjacent to an activating group) is 1. The van der Waals surface area contributed by atoms with Crippen LogP contribution >= 0.6 is 23.7 Å². The summed E-state index contributed by atoms with van der Waals surface area (Å²) in [6.07, 6.45) is 1.90. The normalized spacial score (nSPS) is 11.3. The van der Waals surface area contributed by atoms with E-state index < -0.39 is 0 Å². The van der Waals surface area contributed by atoms with Crippen molar-refractivity contribution in [1.29, 1.82) is 0 Å². The fourth-order valence-electron chi connectivity index (χ4n) is 4.04. The van der Waals surface area contributed by atoms with Crippen LogP contribution in [0.25, 0.3) is 15.9 Å². The maximum atomic E-state index is 13.9. The smallest absolute Gasteiger partial charge is 0.279 e. The summed E-state index contributed by atoms with van der Waals surface area (Å²) >= 11 is 1.58. The van der Waals surface area contributed by atoms with Gasteiger partial charge in [0, 0.05) is 19.3 Å². The molecule has 8 heteroatoms. The van der Waals surface area contributed by atoms with Gasteiger partial charge in [-0.15, -0.1) is 12.4 Å².